The van der Waals surface area contributed by atoms with E-state index >= 15 is 0 Å². The smallest absolute Gasteiger partial charge is 0.133 e. The molecule has 0 spiro atoms. The maximum Gasteiger partial charge on any atom is 0.133 e. The molecule has 1 aromatic carbocycles. The molecule has 0 aliphatic heterocycles. The van der Waals surface area contributed by atoms with Gasteiger partial charge in [0.05, 0.1) is 4.47 Å². The van der Waals surface area contributed by atoms with E-state index in [0.29, 0.717) is 11.6 Å². The molecule has 0 heterocycles. The average Bonchev–Trinajstić information content (AvgIpc) is 3.14. The zero-order valence-corrected chi connectivity index (χ0v) is 12.8. The lowest BCUT2D eigenvalue weighted by Crippen LogP contribution is -2.26. The van der Waals surface area contributed by atoms with Crippen LogP contribution in [0.15, 0.2) is 22.7 Å². The second kappa shape index (κ2) is 5.99. The first-order chi connectivity index (χ1) is 8.58. The zero-order chi connectivity index (χ0) is 13.1. The number of hydrogen-bond donors (Lipinski definition) is 1. The number of rotatable bonds is 6. The van der Waals surface area contributed by atoms with Gasteiger partial charge in [-0.1, -0.05) is 12.2 Å². The van der Waals surface area contributed by atoms with Crippen LogP contribution in [0.2, 0.25) is 0 Å². The molecule has 18 heavy (non-hydrogen) atoms. The molecule has 0 bridgehead atoms. The summed E-state index contributed by atoms with van der Waals surface area (Å²) in [7, 11) is 2.14. The summed E-state index contributed by atoms with van der Waals surface area (Å²) in [6, 6.07) is 6.44. The predicted molar refractivity (Wildman–Crippen MR) is 81.2 cm³/mol. The fourth-order valence-electron chi connectivity index (χ4n) is 1.77. The van der Waals surface area contributed by atoms with Crippen molar-refractivity contribution in [2.24, 2.45) is 5.73 Å². The van der Waals surface area contributed by atoms with Gasteiger partial charge in [-0.25, -0.2) is 0 Å². The number of likely N-dealkylation sites (N-methyl/N-ethyl adjacent to an activating group) is 1. The van der Waals surface area contributed by atoms with E-state index in [2.05, 4.69) is 27.9 Å². The van der Waals surface area contributed by atoms with Crippen LogP contribution in [0.5, 0.6) is 5.75 Å². The van der Waals surface area contributed by atoms with Crippen LogP contribution in [0.1, 0.15) is 18.4 Å². The van der Waals surface area contributed by atoms with E-state index in [4.69, 9.17) is 22.7 Å². The lowest BCUT2D eigenvalue weighted by molar-refractivity contribution is 0.231. The summed E-state index contributed by atoms with van der Waals surface area (Å²) in [5, 5.41) is 0. The first kappa shape index (κ1) is 13.8. The first-order valence-electron chi connectivity index (χ1n) is 6.00. The maximum absolute atomic E-state index is 5.75. The van der Waals surface area contributed by atoms with Crippen LogP contribution in [0.3, 0.4) is 0 Å². The van der Waals surface area contributed by atoms with Crippen molar-refractivity contribution >= 4 is 33.1 Å². The van der Waals surface area contributed by atoms with Gasteiger partial charge in [-0.05, 0) is 54.0 Å². The van der Waals surface area contributed by atoms with Crippen molar-refractivity contribution in [3.8, 4) is 5.75 Å². The Kier molecular flexibility index (Phi) is 4.59. The second-order valence-electron chi connectivity index (χ2n) is 4.57. The van der Waals surface area contributed by atoms with Crippen LogP contribution in [0.25, 0.3) is 0 Å². The average molecular weight is 329 g/mol. The Hall–Kier alpha value is -0.650. The van der Waals surface area contributed by atoms with Crippen molar-refractivity contribution in [2.45, 2.75) is 18.9 Å². The predicted octanol–water partition coefficient (Wildman–Crippen LogP) is 2.56. The number of ether oxygens (including phenoxy) is 1. The van der Waals surface area contributed by atoms with Gasteiger partial charge in [-0.15, -0.1) is 0 Å². The summed E-state index contributed by atoms with van der Waals surface area (Å²) >= 11 is 8.40. The number of nitrogens with zero attached hydrogens (tertiary/aromatic N) is 1. The van der Waals surface area contributed by atoms with E-state index in [0.717, 1.165) is 28.4 Å². The molecule has 0 saturated heterocycles. The van der Waals surface area contributed by atoms with Crippen molar-refractivity contribution in [1.82, 2.24) is 4.90 Å². The molecule has 1 fully saturated rings. The third-order valence-electron chi connectivity index (χ3n) is 3.09. The molecular formula is C13H17BrN2OS. The Morgan fingerprint density at radius 2 is 2.28 bits per heavy atom. The van der Waals surface area contributed by atoms with Crippen LogP contribution in [0, 0.1) is 0 Å². The highest BCUT2D eigenvalue weighted by atomic mass is 79.9. The highest BCUT2D eigenvalue weighted by Gasteiger charge is 2.25. The van der Waals surface area contributed by atoms with Crippen molar-refractivity contribution in [3.05, 3.63) is 28.2 Å². The fraction of sp³-hybridized carbons (Fsp3) is 0.462. The molecule has 0 radical (unpaired) electrons. The van der Waals surface area contributed by atoms with Gasteiger partial charge in [0.1, 0.15) is 17.3 Å². The number of benzene rings is 1. The fourth-order valence-corrected chi connectivity index (χ4v) is 2.39. The summed E-state index contributed by atoms with van der Waals surface area (Å²) < 4.78 is 6.64. The Bertz CT molecular complexity index is 449. The molecule has 1 saturated carbocycles. The molecule has 0 aromatic heterocycles. The molecule has 1 aliphatic carbocycles. The lowest BCUT2D eigenvalue weighted by Gasteiger charge is -2.16. The third-order valence-corrected chi connectivity index (χ3v) is 3.94. The van der Waals surface area contributed by atoms with Crippen LogP contribution in [0.4, 0.5) is 0 Å². The quantitative estimate of drug-likeness (QED) is 0.814. The van der Waals surface area contributed by atoms with Gasteiger partial charge < -0.3 is 15.4 Å². The standard InChI is InChI=1S/C13H17BrN2OS/c1-16(10-3-4-10)6-7-17-12-5-2-9(13(15)18)8-11(12)14/h2,5,8,10H,3-4,6-7H2,1H3,(H2,15,18). The molecule has 3 nitrogen and oxygen atoms in total. The van der Waals surface area contributed by atoms with Crippen molar-refractivity contribution in [3.63, 3.8) is 0 Å². The summed E-state index contributed by atoms with van der Waals surface area (Å²) in [4.78, 5) is 2.74. The topological polar surface area (TPSA) is 38.5 Å². The summed E-state index contributed by atoms with van der Waals surface area (Å²) in [5.74, 6) is 0.833. The van der Waals surface area contributed by atoms with Crippen LogP contribution in [-0.4, -0.2) is 36.1 Å². The van der Waals surface area contributed by atoms with Gasteiger partial charge in [-0.3, -0.25) is 0 Å². The number of halogens is 1. The van der Waals surface area contributed by atoms with Gasteiger partial charge in [0.25, 0.3) is 0 Å². The number of thiocarbonyl (C=S) groups is 1. The van der Waals surface area contributed by atoms with Crippen molar-refractivity contribution in [2.75, 3.05) is 20.2 Å². The lowest BCUT2D eigenvalue weighted by atomic mass is 10.2. The van der Waals surface area contributed by atoms with Crippen LogP contribution in [-0.2, 0) is 0 Å². The Morgan fingerprint density at radius 1 is 1.56 bits per heavy atom. The van der Waals surface area contributed by atoms with Crippen molar-refractivity contribution in [1.29, 1.82) is 0 Å². The van der Waals surface area contributed by atoms with Gasteiger partial charge >= 0.3 is 0 Å². The van der Waals surface area contributed by atoms with Gasteiger partial charge in [0, 0.05) is 18.2 Å². The van der Waals surface area contributed by atoms with Gasteiger partial charge in [0.2, 0.25) is 0 Å². The van der Waals surface area contributed by atoms with Gasteiger partial charge in [-0.2, -0.15) is 0 Å². The highest BCUT2D eigenvalue weighted by Crippen LogP contribution is 2.27. The maximum atomic E-state index is 5.75. The second-order valence-corrected chi connectivity index (χ2v) is 5.86. The SMILES string of the molecule is CN(CCOc1ccc(C(N)=S)cc1Br)C1CC1. The molecule has 1 aromatic rings. The minimum atomic E-state index is 0.399. The minimum absolute atomic E-state index is 0.399. The van der Waals surface area contributed by atoms with E-state index in [1.807, 2.05) is 18.2 Å². The van der Waals surface area contributed by atoms with Crippen LogP contribution >= 0.6 is 28.1 Å². The Balaban J connectivity index is 1.86. The van der Waals surface area contributed by atoms with E-state index in [-0.39, 0.29) is 0 Å². The molecule has 0 unspecified atom stereocenters. The molecule has 0 atom stereocenters. The third kappa shape index (κ3) is 3.67. The molecule has 2 rings (SSSR count). The molecule has 0 amide bonds. The first-order valence-corrected chi connectivity index (χ1v) is 7.20. The summed E-state index contributed by atoms with van der Waals surface area (Å²) in [5.41, 5.74) is 6.42. The summed E-state index contributed by atoms with van der Waals surface area (Å²) in [6.07, 6.45) is 2.64. The van der Waals surface area contributed by atoms with Gasteiger partial charge in [0.15, 0.2) is 0 Å². The highest BCUT2D eigenvalue weighted by molar-refractivity contribution is 9.10. The monoisotopic (exact) mass is 328 g/mol. The largest absolute Gasteiger partial charge is 0.491 e. The Morgan fingerprint density at radius 3 is 2.83 bits per heavy atom. The minimum Gasteiger partial charge on any atom is -0.491 e. The molecule has 98 valence electrons. The number of hydrogen-bond acceptors (Lipinski definition) is 3. The molecule has 1 aliphatic rings. The molecular weight excluding hydrogens is 312 g/mol. The van der Waals surface area contributed by atoms with E-state index < -0.39 is 0 Å². The molecule has 2 N–H and O–H groups in total. The van der Waals surface area contributed by atoms with Crippen LogP contribution < -0.4 is 10.5 Å². The zero-order valence-electron chi connectivity index (χ0n) is 10.4. The Labute approximate surface area is 121 Å². The van der Waals surface area contributed by atoms with Crippen molar-refractivity contribution < 1.29 is 4.74 Å². The van der Waals surface area contributed by atoms with E-state index in [9.17, 15) is 0 Å². The normalized spacial score (nSPS) is 14.8. The van der Waals surface area contributed by atoms with E-state index in [1.165, 1.54) is 12.8 Å². The molecule has 5 heteroatoms. The van der Waals surface area contributed by atoms with E-state index in [1.54, 1.807) is 0 Å². The summed E-state index contributed by atoms with van der Waals surface area (Å²) in [6.45, 7) is 1.65. The number of nitrogens with two attached hydrogens (primary N) is 1.